The van der Waals surface area contributed by atoms with Crippen molar-refractivity contribution in [2.45, 2.75) is 39.3 Å². The van der Waals surface area contributed by atoms with Crippen LogP contribution in [0.25, 0.3) is 0 Å². The van der Waals surface area contributed by atoms with E-state index in [-0.39, 0.29) is 17.4 Å². The van der Waals surface area contributed by atoms with Crippen molar-refractivity contribution in [3.05, 3.63) is 32.9 Å². The Kier molecular flexibility index (Phi) is 5.42. The number of thioether (sulfide) groups is 1. The van der Waals surface area contributed by atoms with E-state index in [0.29, 0.717) is 17.2 Å². The molecule has 1 saturated heterocycles. The molecule has 4 nitrogen and oxygen atoms in total. The molecule has 22 heavy (non-hydrogen) atoms. The van der Waals surface area contributed by atoms with Gasteiger partial charge in [0.05, 0.1) is 11.4 Å². The first-order valence-electron chi connectivity index (χ1n) is 7.16. The Morgan fingerprint density at radius 3 is 2.68 bits per heavy atom. The maximum Gasteiger partial charge on any atom is 0.256 e. The average molecular weight is 432 g/mol. The van der Waals surface area contributed by atoms with Gasteiger partial charge in [-0.3, -0.25) is 9.59 Å². The van der Waals surface area contributed by atoms with Gasteiger partial charge >= 0.3 is 0 Å². The molecule has 0 radical (unpaired) electrons. The van der Waals surface area contributed by atoms with Crippen molar-refractivity contribution in [1.82, 2.24) is 10.2 Å². The van der Waals surface area contributed by atoms with Gasteiger partial charge in [0.1, 0.15) is 6.04 Å². The highest BCUT2D eigenvalue weighted by molar-refractivity contribution is 14.1. The molecule has 1 atom stereocenters. The fourth-order valence-corrected chi connectivity index (χ4v) is 4.02. The zero-order valence-electron chi connectivity index (χ0n) is 13.3. The van der Waals surface area contributed by atoms with E-state index < -0.39 is 6.04 Å². The monoisotopic (exact) mass is 432 g/mol. The molecule has 1 aliphatic rings. The van der Waals surface area contributed by atoms with E-state index in [0.717, 1.165) is 9.13 Å². The highest BCUT2D eigenvalue weighted by atomic mass is 127. The first-order chi connectivity index (χ1) is 10.2. The number of nitrogens with zero attached hydrogens (tertiary/aromatic N) is 1. The zero-order chi connectivity index (χ0) is 16.5. The van der Waals surface area contributed by atoms with E-state index in [1.807, 2.05) is 45.9 Å². The molecule has 120 valence electrons. The van der Waals surface area contributed by atoms with Crippen LogP contribution < -0.4 is 5.32 Å². The lowest BCUT2D eigenvalue weighted by atomic mass is 10.1. The molecule has 0 aromatic heterocycles. The van der Waals surface area contributed by atoms with Crippen LogP contribution in [0.15, 0.2) is 18.2 Å². The number of aryl methyl sites for hydroxylation is 1. The Bertz CT molecular complexity index is 598. The second-order valence-electron chi connectivity index (χ2n) is 6.47. The molecule has 2 amide bonds. The van der Waals surface area contributed by atoms with Crippen molar-refractivity contribution in [1.29, 1.82) is 0 Å². The second-order valence-corrected chi connectivity index (χ2v) is 8.54. The van der Waals surface area contributed by atoms with Gasteiger partial charge in [-0.2, -0.15) is 0 Å². The van der Waals surface area contributed by atoms with Gasteiger partial charge in [0.25, 0.3) is 5.91 Å². The number of halogens is 1. The van der Waals surface area contributed by atoms with Crippen LogP contribution in [-0.2, 0) is 4.79 Å². The highest BCUT2D eigenvalue weighted by Crippen LogP contribution is 2.26. The van der Waals surface area contributed by atoms with E-state index in [1.54, 1.807) is 16.7 Å². The van der Waals surface area contributed by atoms with Crippen LogP contribution in [0.3, 0.4) is 0 Å². The Labute approximate surface area is 149 Å². The minimum atomic E-state index is -0.395. The molecule has 1 aromatic carbocycles. The lowest BCUT2D eigenvalue weighted by Gasteiger charge is -2.28. The molecule has 0 saturated carbocycles. The Morgan fingerprint density at radius 2 is 2.05 bits per heavy atom. The van der Waals surface area contributed by atoms with Gasteiger partial charge < -0.3 is 10.2 Å². The summed E-state index contributed by atoms with van der Waals surface area (Å²) in [5.41, 5.74) is 1.46. The molecule has 0 bridgehead atoms. The molecule has 1 aliphatic heterocycles. The van der Waals surface area contributed by atoms with Crippen molar-refractivity contribution in [3.63, 3.8) is 0 Å². The Balaban J connectivity index is 2.22. The summed E-state index contributed by atoms with van der Waals surface area (Å²) in [6.07, 6.45) is 0. The summed E-state index contributed by atoms with van der Waals surface area (Å²) in [5, 5.41) is 2.98. The molecular weight excluding hydrogens is 411 g/mol. The largest absolute Gasteiger partial charge is 0.350 e. The molecule has 1 heterocycles. The number of rotatable bonds is 2. The summed E-state index contributed by atoms with van der Waals surface area (Å²) >= 11 is 3.82. The number of benzene rings is 1. The highest BCUT2D eigenvalue weighted by Gasteiger charge is 2.36. The zero-order valence-corrected chi connectivity index (χ0v) is 16.2. The Hall–Kier alpha value is -0.760. The summed E-state index contributed by atoms with van der Waals surface area (Å²) < 4.78 is 0.956. The molecule has 1 N–H and O–H groups in total. The van der Waals surface area contributed by atoms with E-state index in [9.17, 15) is 9.59 Å². The fourth-order valence-electron chi connectivity index (χ4n) is 2.28. The van der Waals surface area contributed by atoms with Crippen molar-refractivity contribution < 1.29 is 9.59 Å². The van der Waals surface area contributed by atoms with Gasteiger partial charge in [0.15, 0.2) is 0 Å². The first-order valence-corrected chi connectivity index (χ1v) is 9.40. The predicted molar refractivity (Wildman–Crippen MR) is 99.1 cm³/mol. The van der Waals surface area contributed by atoms with Crippen molar-refractivity contribution in [2.24, 2.45) is 0 Å². The maximum atomic E-state index is 12.8. The summed E-state index contributed by atoms with van der Waals surface area (Å²) in [4.78, 5) is 27.0. The van der Waals surface area contributed by atoms with Gasteiger partial charge in [-0.05, 0) is 61.9 Å². The average Bonchev–Trinajstić information content (AvgIpc) is 2.88. The van der Waals surface area contributed by atoms with Crippen LogP contribution in [0.2, 0.25) is 0 Å². The topological polar surface area (TPSA) is 49.4 Å². The van der Waals surface area contributed by atoms with Crippen LogP contribution in [0.5, 0.6) is 0 Å². The summed E-state index contributed by atoms with van der Waals surface area (Å²) in [6, 6.07) is 5.31. The fraction of sp³-hybridized carbons (Fsp3) is 0.500. The van der Waals surface area contributed by atoms with Crippen LogP contribution in [0.4, 0.5) is 0 Å². The second kappa shape index (κ2) is 6.78. The molecule has 1 fully saturated rings. The van der Waals surface area contributed by atoms with Gasteiger partial charge in [-0.25, -0.2) is 0 Å². The SMILES string of the molecule is Cc1cccc(C(=O)N2CSCC2C(=O)NC(C)(C)C)c1I. The predicted octanol–water partition coefficient (Wildman–Crippen LogP) is 3.03. The van der Waals surface area contributed by atoms with Crippen LogP contribution in [-0.4, -0.2) is 39.9 Å². The smallest absolute Gasteiger partial charge is 0.256 e. The molecular formula is C16H21IN2O2S. The number of hydrogen-bond donors (Lipinski definition) is 1. The van der Waals surface area contributed by atoms with E-state index in [4.69, 9.17) is 0 Å². The molecule has 2 rings (SSSR count). The van der Waals surface area contributed by atoms with Crippen molar-refractivity contribution in [3.8, 4) is 0 Å². The van der Waals surface area contributed by atoms with Crippen LogP contribution in [0, 0.1) is 10.5 Å². The van der Waals surface area contributed by atoms with Crippen LogP contribution >= 0.6 is 34.4 Å². The minimum Gasteiger partial charge on any atom is -0.350 e. The van der Waals surface area contributed by atoms with Crippen LogP contribution in [0.1, 0.15) is 36.7 Å². The third kappa shape index (κ3) is 3.95. The molecule has 1 aromatic rings. The quantitative estimate of drug-likeness (QED) is 0.732. The minimum absolute atomic E-state index is 0.0628. The number of nitrogens with one attached hydrogen (secondary N) is 1. The Morgan fingerprint density at radius 1 is 1.36 bits per heavy atom. The molecule has 0 aliphatic carbocycles. The first kappa shape index (κ1) is 17.6. The van der Waals surface area contributed by atoms with Gasteiger partial charge in [-0.15, -0.1) is 11.8 Å². The van der Waals surface area contributed by atoms with Gasteiger partial charge in [0, 0.05) is 14.9 Å². The maximum absolute atomic E-state index is 12.8. The molecule has 0 spiro atoms. The number of carbonyl (C=O) groups excluding carboxylic acids is 2. The number of carbonyl (C=O) groups is 2. The van der Waals surface area contributed by atoms with E-state index in [1.165, 1.54) is 0 Å². The van der Waals surface area contributed by atoms with E-state index >= 15 is 0 Å². The molecule has 6 heteroatoms. The molecule has 1 unspecified atom stereocenters. The number of amides is 2. The summed E-state index contributed by atoms with van der Waals surface area (Å²) in [7, 11) is 0. The third-order valence-electron chi connectivity index (χ3n) is 3.37. The van der Waals surface area contributed by atoms with Gasteiger partial charge in [0.2, 0.25) is 5.91 Å². The summed E-state index contributed by atoms with van der Waals surface area (Å²) in [6.45, 7) is 7.83. The lowest BCUT2D eigenvalue weighted by Crippen LogP contribution is -2.52. The van der Waals surface area contributed by atoms with Crippen molar-refractivity contribution in [2.75, 3.05) is 11.6 Å². The number of hydrogen-bond acceptors (Lipinski definition) is 3. The standard InChI is InChI=1S/C16H21IN2O2S/c1-10-6-5-7-11(13(10)17)15(21)19-9-22-8-12(19)14(20)18-16(2,3)4/h5-7,12H,8-9H2,1-4H3,(H,18,20). The third-order valence-corrected chi connectivity index (χ3v) is 5.81. The van der Waals surface area contributed by atoms with Crippen molar-refractivity contribution >= 4 is 46.2 Å². The van der Waals surface area contributed by atoms with Gasteiger partial charge in [-0.1, -0.05) is 12.1 Å². The normalized spacial score (nSPS) is 18.4. The van der Waals surface area contributed by atoms with E-state index in [2.05, 4.69) is 27.9 Å². The lowest BCUT2D eigenvalue weighted by molar-refractivity contribution is -0.125. The summed E-state index contributed by atoms with van der Waals surface area (Å²) in [5.74, 6) is 1.07.